The molecule has 0 saturated heterocycles. The van der Waals surface area contributed by atoms with Gasteiger partial charge in [0, 0.05) is 25.4 Å². The standard InChI is InChI=1S/C15H17N3O/c1-18-10-9-16-14(18)13(11-5-3-2-4-6-11)17-15(19)12-7-8-12/h2-6,9-10,12-13H,7-8H2,1H3,(H,17,19)/t13-/m0/s1. The smallest absolute Gasteiger partial charge is 0.223 e. The van der Waals surface area contributed by atoms with Gasteiger partial charge in [-0.3, -0.25) is 4.79 Å². The molecule has 4 nitrogen and oxygen atoms in total. The van der Waals surface area contributed by atoms with Crippen molar-refractivity contribution in [2.75, 3.05) is 0 Å². The van der Waals surface area contributed by atoms with E-state index in [0.29, 0.717) is 0 Å². The molecular weight excluding hydrogens is 238 g/mol. The number of imidazole rings is 1. The first-order valence-electron chi connectivity index (χ1n) is 6.58. The molecule has 1 atom stereocenters. The van der Waals surface area contributed by atoms with Gasteiger partial charge >= 0.3 is 0 Å². The molecular formula is C15H17N3O. The van der Waals surface area contributed by atoms with Gasteiger partial charge in [-0.2, -0.15) is 0 Å². The molecule has 1 heterocycles. The summed E-state index contributed by atoms with van der Waals surface area (Å²) in [6, 6.07) is 9.80. The molecule has 0 radical (unpaired) electrons. The average Bonchev–Trinajstić information content (AvgIpc) is 3.20. The lowest BCUT2D eigenvalue weighted by Crippen LogP contribution is -2.32. The molecule has 1 N–H and O–H groups in total. The van der Waals surface area contributed by atoms with E-state index in [1.807, 2.05) is 48.1 Å². The second-order valence-electron chi connectivity index (χ2n) is 5.02. The molecule has 3 rings (SSSR count). The van der Waals surface area contributed by atoms with E-state index in [1.54, 1.807) is 6.20 Å². The molecule has 0 aliphatic heterocycles. The molecule has 2 aromatic rings. The molecule has 1 saturated carbocycles. The lowest BCUT2D eigenvalue weighted by molar-refractivity contribution is -0.122. The summed E-state index contributed by atoms with van der Waals surface area (Å²) in [4.78, 5) is 16.4. The fourth-order valence-corrected chi connectivity index (χ4v) is 2.20. The van der Waals surface area contributed by atoms with Crippen molar-refractivity contribution in [3.63, 3.8) is 0 Å². The lowest BCUT2D eigenvalue weighted by Gasteiger charge is -2.19. The summed E-state index contributed by atoms with van der Waals surface area (Å²) in [5.41, 5.74) is 1.06. The van der Waals surface area contributed by atoms with Crippen LogP contribution in [0.5, 0.6) is 0 Å². The Morgan fingerprint density at radius 3 is 2.68 bits per heavy atom. The minimum atomic E-state index is -0.172. The third-order valence-electron chi connectivity index (χ3n) is 3.48. The van der Waals surface area contributed by atoms with Crippen molar-refractivity contribution in [2.45, 2.75) is 18.9 Å². The first kappa shape index (κ1) is 12.0. The fourth-order valence-electron chi connectivity index (χ4n) is 2.20. The Balaban J connectivity index is 1.91. The van der Waals surface area contributed by atoms with Gasteiger partial charge in [-0.15, -0.1) is 0 Å². The van der Waals surface area contributed by atoms with E-state index >= 15 is 0 Å². The molecule has 1 aromatic carbocycles. The third-order valence-corrected chi connectivity index (χ3v) is 3.48. The number of amides is 1. The van der Waals surface area contributed by atoms with Crippen LogP contribution in [-0.2, 0) is 11.8 Å². The minimum Gasteiger partial charge on any atom is -0.342 e. The predicted octanol–water partition coefficient (Wildman–Crippen LogP) is 2.04. The SMILES string of the molecule is Cn1ccnc1[C@@H](NC(=O)C1CC1)c1ccccc1. The van der Waals surface area contributed by atoms with Crippen molar-refractivity contribution in [1.82, 2.24) is 14.9 Å². The first-order chi connectivity index (χ1) is 9.25. The number of carbonyl (C=O) groups excluding carboxylic acids is 1. The molecule has 0 bridgehead atoms. The van der Waals surface area contributed by atoms with Crippen LogP contribution in [0.25, 0.3) is 0 Å². The van der Waals surface area contributed by atoms with Crippen LogP contribution in [0.3, 0.4) is 0 Å². The van der Waals surface area contributed by atoms with Crippen LogP contribution in [0, 0.1) is 5.92 Å². The topological polar surface area (TPSA) is 46.9 Å². The number of carbonyl (C=O) groups is 1. The van der Waals surface area contributed by atoms with E-state index < -0.39 is 0 Å². The van der Waals surface area contributed by atoms with E-state index in [2.05, 4.69) is 10.3 Å². The molecule has 1 aliphatic carbocycles. The molecule has 1 aliphatic rings. The zero-order valence-electron chi connectivity index (χ0n) is 10.9. The summed E-state index contributed by atoms with van der Waals surface area (Å²) in [5, 5.41) is 3.12. The first-order valence-corrected chi connectivity index (χ1v) is 6.58. The number of hydrogen-bond donors (Lipinski definition) is 1. The summed E-state index contributed by atoms with van der Waals surface area (Å²) in [5.74, 6) is 1.20. The van der Waals surface area contributed by atoms with Crippen LogP contribution in [0.15, 0.2) is 42.7 Å². The molecule has 0 unspecified atom stereocenters. The largest absolute Gasteiger partial charge is 0.342 e. The van der Waals surface area contributed by atoms with Gasteiger partial charge in [0.2, 0.25) is 5.91 Å². The molecule has 4 heteroatoms. The van der Waals surface area contributed by atoms with Gasteiger partial charge < -0.3 is 9.88 Å². The Hall–Kier alpha value is -2.10. The summed E-state index contributed by atoms with van der Waals surface area (Å²) in [6.07, 6.45) is 5.67. The van der Waals surface area contributed by atoms with Crippen LogP contribution in [-0.4, -0.2) is 15.5 Å². The normalized spacial score (nSPS) is 16.1. The molecule has 1 amide bonds. The van der Waals surface area contributed by atoms with Crippen molar-refractivity contribution >= 4 is 5.91 Å². The minimum absolute atomic E-state index is 0.136. The lowest BCUT2D eigenvalue weighted by atomic mass is 10.1. The fraction of sp³-hybridized carbons (Fsp3) is 0.333. The van der Waals surface area contributed by atoms with Gasteiger partial charge in [0.25, 0.3) is 0 Å². The van der Waals surface area contributed by atoms with Crippen LogP contribution < -0.4 is 5.32 Å². The van der Waals surface area contributed by atoms with E-state index in [9.17, 15) is 4.79 Å². The maximum absolute atomic E-state index is 12.0. The third kappa shape index (κ3) is 2.52. The second-order valence-corrected chi connectivity index (χ2v) is 5.02. The van der Waals surface area contributed by atoms with Crippen LogP contribution in [0.1, 0.15) is 30.3 Å². The summed E-state index contributed by atoms with van der Waals surface area (Å²) >= 11 is 0. The van der Waals surface area contributed by atoms with Crippen molar-refractivity contribution in [2.24, 2.45) is 13.0 Å². The van der Waals surface area contributed by atoms with E-state index in [0.717, 1.165) is 24.2 Å². The Morgan fingerprint density at radius 1 is 1.37 bits per heavy atom. The molecule has 98 valence electrons. The molecule has 1 fully saturated rings. The Kier molecular flexibility index (Phi) is 3.07. The Bertz CT molecular complexity index is 572. The maximum atomic E-state index is 12.0. The van der Waals surface area contributed by atoms with Gasteiger partial charge in [0.15, 0.2) is 0 Å². The highest BCUT2D eigenvalue weighted by Gasteiger charge is 2.32. The number of benzene rings is 1. The number of hydrogen-bond acceptors (Lipinski definition) is 2. The van der Waals surface area contributed by atoms with Crippen molar-refractivity contribution < 1.29 is 4.79 Å². The molecule has 1 aromatic heterocycles. The van der Waals surface area contributed by atoms with Crippen molar-refractivity contribution in [3.8, 4) is 0 Å². The van der Waals surface area contributed by atoms with E-state index in [-0.39, 0.29) is 17.9 Å². The highest BCUT2D eigenvalue weighted by molar-refractivity contribution is 5.81. The number of nitrogens with zero attached hydrogens (tertiary/aromatic N) is 2. The predicted molar refractivity (Wildman–Crippen MR) is 72.4 cm³/mol. The van der Waals surface area contributed by atoms with Crippen molar-refractivity contribution in [1.29, 1.82) is 0 Å². The number of rotatable bonds is 4. The van der Waals surface area contributed by atoms with Crippen molar-refractivity contribution in [3.05, 3.63) is 54.1 Å². The van der Waals surface area contributed by atoms with Crippen LogP contribution in [0.4, 0.5) is 0 Å². The number of nitrogens with one attached hydrogen (secondary N) is 1. The van der Waals surface area contributed by atoms with Crippen LogP contribution in [0.2, 0.25) is 0 Å². The van der Waals surface area contributed by atoms with Gasteiger partial charge in [0.1, 0.15) is 11.9 Å². The zero-order chi connectivity index (χ0) is 13.2. The quantitative estimate of drug-likeness (QED) is 0.908. The number of aromatic nitrogens is 2. The summed E-state index contributed by atoms with van der Waals surface area (Å²) in [6.45, 7) is 0. The second kappa shape index (κ2) is 4.88. The summed E-state index contributed by atoms with van der Waals surface area (Å²) < 4.78 is 1.95. The molecule has 19 heavy (non-hydrogen) atoms. The van der Waals surface area contributed by atoms with Gasteiger partial charge in [-0.05, 0) is 18.4 Å². The Labute approximate surface area is 112 Å². The highest BCUT2D eigenvalue weighted by Crippen LogP contribution is 2.30. The highest BCUT2D eigenvalue weighted by atomic mass is 16.2. The monoisotopic (exact) mass is 255 g/mol. The zero-order valence-corrected chi connectivity index (χ0v) is 10.9. The van der Waals surface area contributed by atoms with Crippen LogP contribution >= 0.6 is 0 Å². The van der Waals surface area contributed by atoms with Gasteiger partial charge in [-0.1, -0.05) is 30.3 Å². The summed E-state index contributed by atoms with van der Waals surface area (Å²) in [7, 11) is 1.95. The molecule has 0 spiro atoms. The van der Waals surface area contributed by atoms with Gasteiger partial charge in [-0.25, -0.2) is 4.98 Å². The number of aryl methyl sites for hydroxylation is 1. The van der Waals surface area contributed by atoms with E-state index in [1.165, 1.54) is 0 Å². The van der Waals surface area contributed by atoms with E-state index in [4.69, 9.17) is 0 Å². The average molecular weight is 255 g/mol. The Morgan fingerprint density at radius 2 is 2.11 bits per heavy atom. The van der Waals surface area contributed by atoms with Gasteiger partial charge in [0.05, 0.1) is 0 Å². The maximum Gasteiger partial charge on any atom is 0.223 e.